The van der Waals surface area contributed by atoms with E-state index in [1.54, 1.807) is 18.5 Å². The molecule has 7 nitrogen and oxygen atoms in total. The van der Waals surface area contributed by atoms with Gasteiger partial charge in [0.05, 0.1) is 5.57 Å². The van der Waals surface area contributed by atoms with Crippen LogP contribution in [0.5, 0.6) is 0 Å². The maximum absolute atomic E-state index is 12.8. The lowest BCUT2D eigenvalue weighted by Crippen LogP contribution is -2.35. The van der Waals surface area contributed by atoms with Crippen molar-refractivity contribution in [3.05, 3.63) is 89.0 Å². The van der Waals surface area contributed by atoms with Gasteiger partial charge in [0.1, 0.15) is 5.04 Å². The van der Waals surface area contributed by atoms with Gasteiger partial charge in [-0.15, -0.1) is 0 Å². The Hall–Kier alpha value is -3.78. The van der Waals surface area contributed by atoms with Crippen LogP contribution in [0.4, 0.5) is 0 Å². The average molecular weight is 427 g/mol. The smallest absolute Gasteiger partial charge is 0.283 e. The van der Waals surface area contributed by atoms with Gasteiger partial charge in [-0.3, -0.25) is 15.2 Å². The molecule has 0 bridgehead atoms. The Morgan fingerprint density at radius 3 is 2.65 bits per heavy atom. The first kappa shape index (κ1) is 19.2. The molecule has 0 atom stereocenters. The van der Waals surface area contributed by atoms with Gasteiger partial charge < -0.3 is 4.57 Å². The summed E-state index contributed by atoms with van der Waals surface area (Å²) in [5.41, 5.74) is 4.99. The van der Waals surface area contributed by atoms with Crippen LogP contribution in [-0.4, -0.2) is 36.5 Å². The van der Waals surface area contributed by atoms with E-state index in [1.165, 1.54) is 16.8 Å². The van der Waals surface area contributed by atoms with Crippen molar-refractivity contribution in [2.24, 2.45) is 10.1 Å². The molecule has 0 unspecified atom stereocenters. The number of thioether (sulfide) groups is 1. The van der Waals surface area contributed by atoms with Gasteiger partial charge in [-0.25, -0.2) is 0 Å². The summed E-state index contributed by atoms with van der Waals surface area (Å²) in [7, 11) is 0. The van der Waals surface area contributed by atoms with Gasteiger partial charge in [0.2, 0.25) is 5.17 Å². The van der Waals surface area contributed by atoms with Crippen molar-refractivity contribution in [2.45, 2.75) is 13.8 Å². The zero-order valence-corrected chi connectivity index (χ0v) is 17.7. The quantitative estimate of drug-likeness (QED) is 0.637. The summed E-state index contributed by atoms with van der Waals surface area (Å²) < 4.78 is 2.13. The fraction of sp³-hybridized carbons (Fsp3) is 0.0870. The number of amides is 1. The van der Waals surface area contributed by atoms with Gasteiger partial charge in [0, 0.05) is 35.0 Å². The molecular formula is C23H18N6OS. The number of pyridine rings is 1. The van der Waals surface area contributed by atoms with Crippen molar-refractivity contribution in [1.29, 1.82) is 5.41 Å². The maximum Gasteiger partial charge on any atom is 0.283 e. The van der Waals surface area contributed by atoms with Crippen molar-refractivity contribution in [3.8, 4) is 5.69 Å². The molecule has 1 amide bonds. The van der Waals surface area contributed by atoms with Crippen molar-refractivity contribution in [1.82, 2.24) is 14.6 Å². The number of hydrogen-bond acceptors (Lipinski definition) is 5. The van der Waals surface area contributed by atoms with Crippen LogP contribution in [0.15, 0.2) is 76.6 Å². The fourth-order valence-corrected chi connectivity index (χ4v) is 4.54. The molecule has 0 fully saturated rings. The first-order valence-electron chi connectivity index (χ1n) is 9.68. The van der Waals surface area contributed by atoms with Gasteiger partial charge in [-0.05, 0) is 67.6 Å². The molecule has 0 radical (unpaired) electrons. The minimum atomic E-state index is -0.434. The fourth-order valence-electron chi connectivity index (χ4n) is 3.66. The molecule has 3 aromatic rings. The SMILES string of the molecule is Cc1cc(C=C2C(=N)N3N=C(c4cccnc4)SC3=NC2=O)c(C)n1-c1ccccc1. The number of amidine groups is 2. The van der Waals surface area contributed by atoms with Crippen LogP contribution in [0.25, 0.3) is 11.8 Å². The van der Waals surface area contributed by atoms with E-state index in [0.29, 0.717) is 10.2 Å². The highest BCUT2D eigenvalue weighted by Crippen LogP contribution is 2.31. The molecule has 0 saturated heterocycles. The molecule has 0 aliphatic carbocycles. The summed E-state index contributed by atoms with van der Waals surface area (Å²) in [4.78, 5) is 21.1. The molecule has 31 heavy (non-hydrogen) atoms. The molecule has 8 heteroatoms. The number of nitrogens with one attached hydrogen (secondary N) is 1. The Morgan fingerprint density at radius 1 is 1.10 bits per heavy atom. The largest absolute Gasteiger partial charge is 0.318 e. The van der Waals surface area contributed by atoms with E-state index in [-0.39, 0.29) is 11.4 Å². The van der Waals surface area contributed by atoms with Crippen LogP contribution in [-0.2, 0) is 4.79 Å². The summed E-state index contributed by atoms with van der Waals surface area (Å²) in [6.45, 7) is 4.02. The molecule has 5 rings (SSSR count). The third-order valence-corrected chi connectivity index (χ3v) is 6.10. The Kier molecular flexibility index (Phi) is 4.63. The van der Waals surface area contributed by atoms with E-state index in [4.69, 9.17) is 5.41 Å². The molecule has 0 saturated carbocycles. The third-order valence-electron chi connectivity index (χ3n) is 5.15. The standard InChI is InChI=1S/C23H18N6OS/c1-14-11-17(15(2)28(14)18-8-4-3-5-9-18)12-19-20(24)29-23(26-21(19)30)31-22(27-29)16-7-6-10-25-13-16/h3-13,24H,1-2H3. The molecule has 0 spiro atoms. The third kappa shape index (κ3) is 3.30. The zero-order valence-electron chi connectivity index (χ0n) is 16.9. The molecule has 152 valence electrons. The second-order valence-electron chi connectivity index (χ2n) is 7.16. The lowest BCUT2D eigenvalue weighted by molar-refractivity contribution is -0.114. The van der Waals surface area contributed by atoms with Crippen LogP contribution in [0.1, 0.15) is 22.5 Å². The topological polar surface area (TPSA) is 86.7 Å². The predicted octanol–water partition coefficient (Wildman–Crippen LogP) is 4.16. The summed E-state index contributed by atoms with van der Waals surface area (Å²) in [5.74, 6) is -0.415. The van der Waals surface area contributed by atoms with Crippen LogP contribution >= 0.6 is 11.8 Å². The first-order valence-corrected chi connectivity index (χ1v) is 10.5. The van der Waals surface area contributed by atoms with Gasteiger partial charge in [0.25, 0.3) is 5.91 Å². The number of hydrogen-bond donors (Lipinski definition) is 1. The second kappa shape index (κ2) is 7.48. The number of carbonyl (C=O) groups excluding carboxylic acids is 1. The van der Waals surface area contributed by atoms with Crippen molar-refractivity contribution in [2.75, 3.05) is 0 Å². The number of carbonyl (C=O) groups is 1. The van der Waals surface area contributed by atoms with E-state index in [0.717, 1.165) is 28.2 Å². The highest BCUT2D eigenvalue weighted by atomic mass is 32.2. The van der Waals surface area contributed by atoms with E-state index < -0.39 is 5.91 Å². The minimum Gasteiger partial charge on any atom is -0.318 e. The lowest BCUT2D eigenvalue weighted by atomic mass is 10.1. The van der Waals surface area contributed by atoms with E-state index in [1.807, 2.05) is 62.4 Å². The molecular weight excluding hydrogens is 408 g/mol. The van der Waals surface area contributed by atoms with Crippen molar-refractivity contribution < 1.29 is 4.79 Å². The zero-order chi connectivity index (χ0) is 21.5. The first-order chi connectivity index (χ1) is 15.0. The van der Waals surface area contributed by atoms with Crippen LogP contribution in [0.2, 0.25) is 0 Å². The Balaban J connectivity index is 1.52. The number of aliphatic imine (C=N–C) groups is 1. The number of rotatable bonds is 3. The van der Waals surface area contributed by atoms with E-state index in [2.05, 4.69) is 19.6 Å². The number of aryl methyl sites for hydroxylation is 1. The van der Waals surface area contributed by atoms with Crippen molar-refractivity contribution >= 4 is 39.8 Å². The number of nitrogens with zero attached hydrogens (tertiary/aromatic N) is 5. The second-order valence-corrected chi connectivity index (χ2v) is 8.12. The van der Waals surface area contributed by atoms with Gasteiger partial charge in [0.15, 0.2) is 5.84 Å². The van der Waals surface area contributed by atoms with Crippen LogP contribution < -0.4 is 0 Å². The molecule has 4 heterocycles. The number of para-hydroxylation sites is 1. The number of fused-ring (bicyclic) bond motifs is 1. The van der Waals surface area contributed by atoms with Crippen LogP contribution in [0.3, 0.4) is 0 Å². The Bertz CT molecular complexity index is 1300. The molecule has 2 aromatic heterocycles. The van der Waals surface area contributed by atoms with Gasteiger partial charge in [-0.1, -0.05) is 18.2 Å². The molecule has 2 aliphatic heterocycles. The average Bonchev–Trinajstić information content (AvgIpc) is 3.33. The highest BCUT2D eigenvalue weighted by Gasteiger charge is 2.36. The summed E-state index contributed by atoms with van der Waals surface area (Å²) in [6.07, 6.45) is 5.12. The molecule has 1 N–H and O–H groups in total. The summed E-state index contributed by atoms with van der Waals surface area (Å²) >= 11 is 1.26. The predicted molar refractivity (Wildman–Crippen MR) is 124 cm³/mol. The number of hydrazone groups is 1. The number of benzene rings is 1. The van der Waals surface area contributed by atoms with E-state index in [9.17, 15) is 4.79 Å². The normalized spacial score (nSPS) is 17.1. The van der Waals surface area contributed by atoms with E-state index >= 15 is 0 Å². The lowest BCUT2D eigenvalue weighted by Gasteiger charge is -2.20. The summed E-state index contributed by atoms with van der Waals surface area (Å²) in [5, 5.41) is 15.6. The highest BCUT2D eigenvalue weighted by molar-refractivity contribution is 8.27. The molecule has 2 aliphatic rings. The van der Waals surface area contributed by atoms with Gasteiger partial charge in [-0.2, -0.15) is 15.1 Å². The Morgan fingerprint density at radius 2 is 1.90 bits per heavy atom. The maximum atomic E-state index is 12.8. The Labute approximate surface area is 183 Å². The van der Waals surface area contributed by atoms with Crippen molar-refractivity contribution in [3.63, 3.8) is 0 Å². The minimum absolute atomic E-state index is 0.0194. The van der Waals surface area contributed by atoms with Crippen LogP contribution in [0, 0.1) is 19.3 Å². The van der Waals surface area contributed by atoms with Gasteiger partial charge >= 0.3 is 0 Å². The summed E-state index contributed by atoms with van der Waals surface area (Å²) in [6, 6.07) is 15.8. The monoisotopic (exact) mass is 426 g/mol. The molecule has 1 aromatic carbocycles. The number of aromatic nitrogens is 2.